The van der Waals surface area contributed by atoms with Gasteiger partial charge in [-0.05, 0) is 24.0 Å². The largest absolute Gasteiger partial charge is 0.493 e. The smallest absolute Gasteiger partial charge is 0.279 e. The van der Waals surface area contributed by atoms with Crippen LogP contribution in [0.4, 0.5) is 5.13 Å². The van der Waals surface area contributed by atoms with Crippen LogP contribution >= 0.6 is 23.1 Å². The SMILES string of the molecule is CCSc1nnc(NC(=O)c2cc(-c3ccc(OC)c(OC)c3)on2)s1. The number of carbonyl (C=O) groups is 1. The Morgan fingerprint density at radius 2 is 2.04 bits per heavy atom. The summed E-state index contributed by atoms with van der Waals surface area (Å²) >= 11 is 2.88. The average molecular weight is 392 g/mol. The van der Waals surface area contributed by atoms with Gasteiger partial charge >= 0.3 is 0 Å². The van der Waals surface area contributed by atoms with Gasteiger partial charge in [-0.1, -0.05) is 35.2 Å². The average Bonchev–Trinajstić information content (AvgIpc) is 3.31. The highest BCUT2D eigenvalue weighted by Gasteiger charge is 2.17. The first kappa shape index (κ1) is 18.2. The van der Waals surface area contributed by atoms with E-state index in [1.54, 1.807) is 50.2 Å². The number of thioether (sulfide) groups is 1. The molecule has 0 aliphatic heterocycles. The predicted octanol–water partition coefficient (Wildman–Crippen LogP) is 3.57. The first-order valence-electron chi connectivity index (χ1n) is 7.61. The first-order chi connectivity index (χ1) is 12.6. The highest BCUT2D eigenvalue weighted by Crippen LogP contribution is 2.32. The molecule has 3 aromatic rings. The minimum Gasteiger partial charge on any atom is -0.493 e. The third-order valence-electron chi connectivity index (χ3n) is 3.31. The standard InChI is InChI=1S/C16H16N4O4S2/c1-4-25-16-19-18-15(26-16)17-14(21)10-8-12(24-20-10)9-5-6-11(22-2)13(7-9)23-3/h5-8H,4H2,1-3H3,(H,17,18,21). The molecule has 1 N–H and O–H groups in total. The Kier molecular flexibility index (Phi) is 5.74. The second kappa shape index (κ2) is 8.19. The van der Waals surface area contributed by atoms with Crippen molar-refractivity contribution in [3.8, 4) is 22.8 Å². The van der Waals surface area contributed by atoms with Crippen molar-refractivity contribution in [1.82, 2.24) is 15.4 Å². The van der Waals surface area contributed by atoms with Gasteiger partial charge in [0.2, 0.25) is 5.13 Å². The molecule has 0 bridgehead atoms. The number of methoxy groups -OCH3 is 2. The molecule has 2 aromatic heterocycles. The van der Waals surface area contributed by atoms with E-state index in [1.807, 2.05) is 6.92 Å². The Balaban J connectivity index is 1.75. The molecule has 8 nitrogen and oxygen atoms in total. The van der Waals surface area contributed by atoms with Crippen LogP contribution in [-0.2, 0) is 0 Å². The Morgan fingerprint density at radius 1 is 1.23 bits per heavy atom. The second-order valence-electron chi connectivity index (χ2n) is 4.91. The summed E-state index contributed by atoms with van der Waals surface area (Å²) in [6.45, 7) is 2.02. The molecular weight excluding hydrogens is 376 g/mol. The molecule has 0 radical (unpaired) electrons. The number of hydrogen-bond donors (Lipinski definition) is 1. The third-order valence-corrected chi connectivity index (χ3v) is 5.16. The van der Waals surface area contributed by atoms with Gasteiger partial charge in [-0.25, -0.2) is 0 Å². The van der Waals surface area contributed by atoms with E-state index in [2.05, 4.69) is 20.7 Å². The van der Waals surface area contributed by atoms with Gasteiger partial charge in [-0.3, -0.25) is 10.1 Å². The summed E-state index contributed by atoms with van der Waals surface area (Å²) in [5, 5.41) is 14.8. The topological polar surface area (TPSA) is 99.4 Å². The van der Waals surface area contributed by atoms with E-state index in [4.69, 9.17) is 14.0 Å². The van der Waals surface area contributed by atoms with Crippen LogP contribution < -0.4 is 14.8 Å². The summed E-state index contributed by atoms with van der Waals surface area (Å²) in [6, 6.07) is 6.85. The van der Waals surface area contributed by atoms with Gasteiger partial charge in [0.05, 0.1) is 14.2 Å². The zero-order valence-corrected chi connectivity index (χ0v) is 15.9. The van der Waals surface area contributed by atoms with E-state index < -0.39 is 5.91 Å². The lowest BCUT2D eigenvalue weighted by Crippen LogP contribution is -2.11. The van der Waals surface area contributed by atoms with Crippen LogP contribution in [0.25, 0.3) is 11.3 Å². The number of nitrogens with zero attached hydrogens (tertiary/aromatic N) is 3. The maximum Gasteiger partial charge on any atom is 0.279 e. The molecule has 0 aliphatic rings. The van der Waals surface area contributed by atoms with E-state index in [0.717, 1.165) is 10.1 Å². The number of carbonyl (C=O) groups excluding carboxylic acids is 1. The minimum absolute atomic E-state index is 0.148. The van der Waals surface area contributed by atoms with Gasteiger partial charge in [0.25, 0.3) is 5.91 Å². The lowest BCUT2D eigenvalue weighted by atomic mass is 10.1. The molecular formula is C16H16N4O4S2. The van der Waals surface area contributed by atoms with Crippen molar-refractivity contribution in [3.05, 3.63) is 30.0 Å². The molecule has 0 saturated heterocycles. The van der Waals surface area contributed by atoms with Crippen LogP contribution in [0.3, 0.4) is 0 Å². The maximum atomic E-state index is 12.3. The van der Waals surface area contributed by atoms with Crippen LogP contribution in [0.15, 0.2) is 33.1 Å². The van der Waals surface area contributed by atoms with Crippen molar-refractivity contribution in [2.45, 2.75) is 11.3 Å². The fourth-order valence-electron chi connectivity index (χ4n) is 2.11. The number of ether oxygens (including phenoxy) is 2. The lowest BCUT2D eigenvalue weighted by Gasteiger charge is -2.07. The maximum absolute atomic E-state index is 12.3. The van der Waals surface area contributed by atoms with Gasteiger partial charge in [-0.15, -0.1) is 10.2 Å². The molecule has 0 spiro atoms. The molecule has 2 heterocycles. The number of amides is 1. The molecule has 10 heteroatoms. The fraction of sp³-hybridized carbons (Fsp3) is 0.250. The number of benzene rings is 1. The summed E-state index contributed by atoms with van der Waals surface area (Å²) in [5.74, 6) is 2.08. The van der Waals surface area contributed by atoms with Crippen molar-refractivity contribution >= 4 is 34.1 Å². The molecule has 0 atom stereocenters. The van der Waals surface area contributed by atoms with Crippen molar-refractivity contribution < 1.29 is 18.8 Å². The second-order valence-corrected chi connectivity index (χ2v) is 7.40. The van der Waals surface area contributed by atoms with Crippen LogP contribution in [0, 0.1) is 0 Å². The summed E-state index contributed by atoms with van der Waals surface area (Å²) in [6.07, 6.45) is 0. The zero-order chi connectivity index (χ0) is 18.5. The number of rotatable bonds is 7. The molecule has 0 aliphatic carbocycles. The monoisotopic (exact) mass is 392 g/mol. The van der Waals surface area contributed by atoms with Crippen LogP contribution in [0.5, 0.6) is 11.5 Å². The Bertz CT molecular complexity index is 909. The number of aromatic nitrogens is 3. The van der Waals surface area contributed by atoms with Gasteiger partial charge in [0, 0.05) is 11.6 Å². The molecule has 136 valence electrons. The van der Waals surface area contributed by atoms with Gasteiger partial charge in [-0.2, -0.15) is 0 Å². The molecule has 3 rings (SSSR count). The number of hydrogen-bond acceptors (Lipinski definition) is 9. The third kappa shape index (κ3) is 3.97. The number of anilines is 1. The summed E-state index contributed by atoms with van der Waals surface area (Å²) < 4.78 is 16.6. The first-order valence-corrected chi connectivity index (χ1v) is 9.41. The van der Waals surface area contributed by atoms with E-state index in [1.165, 1.54) is 11.3 Å². The van der Waals surface area contributed by atoms with Crippen molar-refractivity contribution in [1.29, 1.82) is 0 Å². The molecule has 1 aromatic carbocycles. The number of nitrogens with one attached hydrogen (secondary N) is 1. The van der Waals surface area contributed by atoms with Crippen molar-refractivity contribution in [3.63, 3.8) is 0 Å². The quantitative estimate of drug-likeness (QED) is 0.481. The summed E-state index contributed by atoms with van der Waals surface area (Å²) in [4.78, 5) is 12.3. The molecule has 0 saturated carbocycles. The van der Waals surface area contributed by atoms with Gasteiger partial charge in [0.1, 0.15) is 0 Å². The normalized spacial score (nSPS) is 10.6. The van der Waals surface area contributed by atoms with E-state index in [0.29, 0.717) is 28.0 Å². The van der Waals surface area contributed by atoms with E-state index in [9.17, 15) is 4.79 Å². The predicted molar refractivity (Wildman–Crippen MR) is 99.3 cm³/mol. The van der Waals surface area contributed by atoms with Crippen molar-refractivity contribution in [2.24, 2.45) is 0 Å². The van der Waals surface area contributed by atoms with Crippen molar-refractivity contribution in [2.75, 3.05) is 25.3 Å². The Morgan fingerprint density at radius 3 is 2.77 bits per heavy atom. The Labute approximate surface area is 157 Å². The molecule has 0 unspecified atom stereocenters. The molecule has 26 heavy (non-hydrogen) atoms. The fourth-order valence-corrected chi connectivity index (χ4v) is 3.75. The van der Waals surface area contributed by atoms with Crippen LogP contribution in [-0.4, -0.2) is 41.2 Å². The van der Waals surface area contributed by atoms with Crippen LogP contribution in [0.2, 0.25) is 0 Å². The highest BCUT2D eigenvalue weighted by molar-refractivity contribution is 8.01. The molecule has 0 fully saturated rings. The van der Waals surface area contributed by atoms with Crippen LogP contribution in [0.1, 0.15) is 17.4 Å². The Hall–Kier alpha value is -2.59. The molecule has 1 amide bonds. The van der Waals surface area contributed by atoms with E-state index >= 15 is 0 Å². The minimum atomic E-state index is -0.412. The van der Waals surface area contributed by atoms with Gasteiger partial charge < -0.3 is 14.0 Å². The van der Waals surface area contributed by atoms with Gasteiger partial charge in [0.15, 0.2) is 27.3 Å². The summed E-state index contributed by atoms with van der Waals surface area (Å²) in [5.41, 5.74) is 0.862. The zero-order valence-electron chi connectivity index (χ0n) is 14.3. The summed E-state index contributed by atoms with van der Waals surface area (Å²) in [7, 11) is 3.11. The highest BCUT2D eigenvalue weighted by atomic mass is 32.2. The van der Waals surface area contributed by atoms with E-state index in [-0.39, 0.29) is 5.69 Å². The lowest BCUT2D eigenvalue weighted by molar-refractivity contribution is 0.101.